The molecule has 1 heterocycles. The molecule has 0 aromatic heterocycles. The van der Waals surface area contributed by atoms with Gasteiger partial charge in [0.25, 0.3) is 5.91 Å². The van der Waals surface area contributed by atoms with E-state index in [1.807, 2.05) is 33.8 Å². The molecule has 1 saturated heterocycles. The highest BCUT2D eigenvalue weighted by atomic mass is 19.4. The van der Waals surface area contributed by atoms with Gasteiger partial charge in [-0.2, -0.15) is 13.2 Å². The summed E-state index contributed by atoms with van der Waals surface area (Å²) in [7, 11) is -0.601. The Labute approximate surface area is 162 Å². The fourth-order valence-corrected chi connectivity index (χ4v) is 2.78. The third kappa shape index (κ3) is 4.08. The van der Waals surface area contributed by atoms with Gasteiger partial charge in [-0.3, -0.25) is 4.79 Å². The standard InChI is InChI=1S/C20H21BF3NO3/c1-18(2)19(3,4)28-21(27-18)15-9-6-10-16(12-15)25-17(26)13-7-5-8-14(11-13)20(22,23)24/h5-12H,1-4H3,(H,25,26). The number of carbonyl (C=O) groups is 1. The van der Waals surface area contributed by atoms with Crippen LogP contribution in [-0.4, -0.2) is 24.2 Å². The molecule has 4 nitrogen and oxygen atoms in total. The van der Waals surface area contributed by atoms with Crippen molar-refractivity contribution >= 4 is 24.2 Å². The maximum absolute atomic E-state index is 12.8. The molecule has 0 spiro atoms. The van der Waals surface area contributed by atoms with Gasteiger partial charge in [0, 0.05) is 11.3 Å². The number of alkyl halides is 3. The third-order valence-corrected chi connectivity index (χ3v) is 5.12. The Hall–Kier alpha value is -2.32. The van der Waals surface area contributed by atoms with Crippen LogP contribution in [0.15, 0.2) is 48.5 Å². The molecule has 0 radical (unpaired) electrons. The van der Waals surface area contributed by atoms with Crippen molar-refractivity contribution in [3.8, 4) is 0 Å². The van der Waals surface area contributed by atoms with Crippen molar-refractivity contribution < 1.29 is 27.3 Å². The van der Waals surface area contributed by atoms with Crippen LogP contribution in [-0.2, 0) is 15.5 Å². The van der Waals surface area contributed by atoms with E-state index < -0.39 is 36.0 Å². The van der Waals surface area contributed by atoms with Gasteiger partial charge in [-0.05, 0) is 63.5 Å². The Bertz CT molecular complexity index is 880. The lowest BCUT2D eigenvalue weighted by Gasteiger charge is -2.32. The fraction of sp³-hybridized carbons (Fsp3) is 0.350. The molecule has 1 N–H and O–H groups in total. The van der Waals surface area contributed by atoms with E-state index in [-0.39, 0.29) is 5.56 Å². The molecule has 0 bridgehead atoms. The number of hydrogen-bond acceptors (Lipinski definition) is 3. The van der Waals surface area contributed by atoms with Crippen LogP contribution in [0, 0.1) is 0 Å². The molecule has 2 aromatic carbocycles. The smallest absolute Gasteiger partial charge is 0.399 e. The summed E-state index contributed by atoms with van der Waals surface area (Å²) in [4.78, 5) is 12.4. The minimum absolute atomic E-state index is 0.0733. The van der Waals surface area contributed by atoms with Crippen molar-refractivity contribution in [1.29, 1.82) is 0 Å². The number of halogens is 3. The van der Waals surface area contributed by atoms with Gasteiger partial charge in [-0.15, -0.1) is 0 Å². The summed E-state index contributed by atoms with van der Waals surface area (Å²) in [6, 6.07) is 11.2. The van der Waals surface area contributed by atoms with Crippen LogP contribution < -0.4 is 10.8 Å². The molecule has 8 heteroatoms. The van der Waals surface area contributed by atoms with E-state index in [9.17, 15) is 18.0 Å². The predicted molar refractivity (Wildman–Crippen MR) is 102 cm³/mol. The van der Waals surface area contributed by atoms with Crippen molar-refractivity contribution in [3.05, 3.63) is 59.7 Å². The van der Waals surface area contributed by atoms with Crippen molar-refractivity contribution in [3.63, 3.8) is 0 Å². The molecular weight excluding hydrogens is 370 g/mol. The van der Waals surface area contributed by atoms with Crippen molar-refractivity contribution in [2.24, 2.45) is 0 Å². The van der Waals surface area contributed by atoms with Gasteiger partial charge in [0.15, 0.2) is 0 Å². The number of carbonyl (C=O) groups excluding carboxylic acids is 1. The molecule has 0 atom stereocenters. The maximum atomic E-state index is 12.8. The van der Waals surface area contributed by atoms with Gasteiger partial charge < -0.3 is 14.6 Å². The van der Waals surface area contributed by atoms with Gasteiger partial charge in [0.05, 0.1) is 16.8 Å². The lowest BCUT2D eigenvalue weighted by atomic mass is 9.79. The van der Waals surface area contributed by atoms with Crippen LogP contribution in [0.1, 0.15) is 43.6 Å². The van der Waals surface area contributed by atoms with E-state index in [1.165, 1.54) is 12.1 Å². The van der Waals surface area contributed by atoms with Crippen LogP contribution in [0.25, 0.3) is 0 Å². The Morgan fingerprint density at radius 1 is 0.964 bits per heavy atom. The molecule has 1 amide bonds. The van der Waals surface area contributed by atoms with Gasteiger partial charge >= 0.3 is 13.3 Å². The third-order valence-electron chi connectivity index (χ3n) is 5.12. The summed E-state index contributed by atoms with van der Waals surface area (Å²) < 4.78 is 50.5. The number of rotatable bonds is 3. The monoisotopic (exact) mass is 391 g/mol. The fourth-order valence-electron chi connectivity index (χ4n) is 2.78. The number of amides is 1. The molecule has 28 heavy (non-hydrogen) atoms. The Balaban J connectivity index is 1.78. The Morgan fingerprint density at radius 3 is 2.18 bits per heavy atom. The van der Waals surface area contributed by atoms with Gasteiger partial charge in [-0.25, -0.2) is 0 Å². The van der Waals surface area contributed by atoms with Crippen molar-refractivity contribution in [2.75, 3.05) is 5.32 Å². The summed E-state index contributed by atoms with van der Waals surface area (Å²) in [6.07, 6.45) is -4.51. The second-order valence-corrected chi connectivity index (χ2v) is 7.75. The molecule has 0 unspecified atom stereocenters. The largest absolute Gasteiger partial charge is 0.494 e. The SMILES string of the molecule is CC1(C)OB(c2cccc(NC(=O)c3cccc(C(F)(F)F)c3)c2)OC1(C)C. The number of anilines is 1. The molecule has 148 valence electrons. The summed E-state index contributed by atoms with van der Waals surface area (Å²) in [5, 5.41) is 2.62. The first-order valence-electron chi connectivity index (χ1n) is 8.83. The molecule has 0 aliphatic carbocycles. The molecule has 3 rings (SSSR count). The summed E-state index contributed by atoms with van der Waals surface area (Å²) >= 11 is 0. The van der Waals surface area contributed by atoms with Gasteiger partial charge in [-0.1, -0.05) is 18.2 Å². The topological polar surface area (TPSA) is 47.6 Å². The van der Waals surface area contributed by atoms with Crippen LogP contribution in [0.3, 0.4) is 0 Å². The molecule has 2 aromatic rings. The number of nitrogens with one attached hydrogen (secondary N) is 1. The van der Waals surface area contributed by atoms with Crippen molar-refractivity contribution in [2.45, 2.75) is 45.1 Å². The average molecular weight is 391 g/mol. The Morgan fingerprint density at radius 2 is 1.57 bits per heavy atom. The zero-order valence-corrected chi connectivity index (χ0v) is 16.1. The summed E-state index contributed by atoms with van der Waals surface area (Å²) in [5.41, 5.74) is -0.804. The van der Waals surface area contributed by atoms with Gasteiger partial charge in [0.2, 0.25) is 0 Å². The summed E-state index contributed by atoms with van der Waals surface area (Å²) in [5.74, 6) is -0.628. The maximum Gasteiger partial charge on any atom is 0.494 e. The van der Waals surface area contributed by atoms with E-state index in [0.29, 0.717) is 11.2 Å². The van der Waals surface area contributed by atoms with E-state index in [1.54, 1.807) is 18.2 Å². The Kier molecular flexibility index (Phi) is 5.06. The van der Waals surface area contributed by atoms with Crippen LogP contribution in [0.4, 0.5) is 18.9 Å². The molecule has 0 saturated carbocycles. The highest BCUT2D eigenvalue weighted by Crippen LogP contribution is 2.36. The predicted octanol–water partition coefficient (Wildman–Crippen LogP) is 4.26. The quantitative estimate of drug-likeness (QED) is 0.796. The zero-order chi connectivity index (χ0) is 20.7. The first-order chi connectivity index (χ1) is 12.9. The first kappa shape index (κ1) is 20.4. The van der Waals surface area contributed by atoms with Crippen molar-refractivity contribution in [1.82, 2.24) is 0 Å². The minimum atomic E-state index is -4.51. The number of benzene rings is 2. The van der Waals surface area contributed by atoms with Crippen LogP contribution >= 0.6 is 0 Å². The van der Waals surface area contributed by atoms with E-state index in [2.05, 4.69) is 5.32 Å². The second-order valence-electron chi connectivity index (χ2n) is 7.75. The zero-order valence-electron chi connectivity index (χ0n) is 16.1. The lowest BCUT2D eigenvalue weighted by Crippen LogP contribution is -2.41. The van der Waals surface area contributed by atoms with Gasteiger partial charge in [0.1, 0.15) is 0 Å². The highest BCUT2D eigenvalue weighted by molar-refractivity contribution is 6.62. The second kappa shape index (κ2) is 6.94. The minimum Gasteiger partial charge on any atom is -0.399 e. The number of hydrogen-bond donors (Lipinski definition) is 1. The molecule has 1 fully saturated rings. The lowest BCUT2D eigenvalue weighted by molar-refractivity contribution is -0.137. The summed E-state index contributed by atoms with van der Waals surface area (Å²) in [6.45, 7) is 7.75. The molecule has 1 aliphatic heterocycles. The normalized spacial score (nSPS) is 18.2. The van der Waals surface area contributed by atoms with Crippen LogP contribution in [0.5, 0.6) is 0 Å². The van der Waals surface area contributed by atoms with E-state index in [0.717, 1.165) is 12.1 Å². The highest BCUT2D eigenvalue weighted by Gasteiger charge is 2.51. The molecular formula is C20H21BF3NO3. The van der Waals surface area contributed by atoms with E-state index in [4.69, 9.17) is 9.31 Å². The van der Waals surface area contributed by atoms with E-state index >= 15 is 0 Å². The first-order valence-corrected chi connectivity index (χ1v) is 8.83. The molecule has 1 aliphatic rings. The van der Waals surface area contributed by atoms with Crippen LogP contribution in [0.2, 0.25) is 0 Å². The average Bonchev–Trinajstić information content (AvgIpc) is 2.82.